The molecule has 0 saturated carbocycles. The van der Waals surface area contributed by atoms with Crippen LogP contribution < -0.4 is 10.6 Å². The number of hydrogen-bond donors (Lipinski definition) is 1. The summed E-state index contributed by atoms with van der Waals surface area (Å²) in [5, 5.41) is 0. The second kappa shape index (κ2) is 4.92. The number of benzene rings is 1. The van der Waals surface area contributed by atoms with E-state index < -0.39 is 0 Å². The molecule has 0 unspecified atom stereocenters. The van der Waals surface area contributed by atoms with Crippen molar-refractivity contribution in [2.45, 2.75) is 6.42 Å². The van der Waals surface area contributed by atoms with Gasteiger partial charge in [-0.1, -0.05) is 12.1 Å². The van der Waals surface area contributed by atoms with Crippen LogP contribution in [0.25, 0.3) is 0 Å². The molecule has 0 aliphatic carbocycles. The van der Waals surface area contributed by atoms with Crippen LogP contribution in [0.15, 0.2) is 32.5 Å². The molecule has 2 heterocycles. The Bertz CT molecular complexity index is 649. The molecule has 98 valence electrons. The number of fused-ring (bicyclic) bond motifs is 1. The molecule has 1 aromatic heterocycles. The average Bonchev–Trinajstić information content (AvgIpc) is 2.94. The Balaban J connectivity index is 2.00. The molecule has 0 spiro atoms. The molecular formula is C13H10Br2N2OS. The number of nitrogen functional groups attached to an aromatic ring is 1. The Morgan fingerprint density at radius 3 is 2.84 bits per heavy atom. The Labute approximate surface area is 131 Å². The molecule has 3 rings (SSSR count). The largest absolute Gasteiger partial charge is 0.397 e. The van der Waals surface area contributed by atoms with Crippen molar-refractivity contribution in [3.05, 3.63) is 43.0 Å². The number of amides is 1. The zero-order chi connectivity index (χ0) is 13.6. The van der Waals surface area contributed by atoms with Gasteiger partial charge in [0.05, 0.1) is 20.0 Å². The molecule has 2 N–H and O–H groups in total. The van der Waals surface area contributed by atoms with Gasteiger partial charge < -0.3 is 10.6 Å². The van der Waals surface area contributed by atoms with Crippen molar-refractivity contribution >= 4 is 60.5 Å². The van der Waals surface area contributed by atoms with Gasteiger partial charge in [0.15, 0.2) is 0 Å². The molecule has 0 saturated heterocycles. The van der Waals surface area contributed by atoms with E-state index >= 15 is 0 Å². The smallest absolute Gasteiger partial charge is 0.268 e. The van der Waals surface area contributed by atoms with Gasteiger partial charge in [0.2, 0.25) is 0 Å². The number of halogens is 2. The Morgan fingerprint density at radius 2 is 2.16 bits per heavy atom. The molecule has 1 aliphatic rings. The minimum atomic E-state index is 0.00745. The second-order valence-electron chi connectivity index (χ2n) is 4.29. The zero-order valence-electron chi connectivity index (χ0n) is 9.82. The molecule has 2 aromatic rings. The summed E-state index contributed by atoms with van der Waals surface area (Å²) in [5.74, 6) is 0.00745. The van der Waals surface area contributed by atoms with Crippen LogP contribution in [0.3, 0.4) is 0 Å². The monoisotopic (exact) mass is 400 g/mol. The number of thiophene rings is 1. The summed E-state index contributed by atoms with van der Waals surface area (Å²) in [6, 6.07) is 7.64. The highest BCUT2D eigenvalue weighted by atomic mass is 79.9. The highest BCUT2D eigenvalue weighted by molar-refractivity contribution is 9.13. The molecule has 0 atom stereocenters. The van der Waals surface area contributed by atoms with Crippen molar-refractivity contribution in [2.75, 3.05) is 17.2 Å². The van der Waals surface area contributed by atoms with E-state index in [9.17, 15) is 4.79 Å². The van der Waals surface area contributed by atoms with E-state index in [4.69, 9.17) is 5.73 Å². The molecule has 6 heteroatoms. The van der Waals surface area contributed by atoms with E-state index in [1.807, 2.05) is 24.3 Å². The molecular weight excluding hydrogens is 392 g/mol. The van der Waals surface area contributed by atoms with Gasteiger partial charge in [0.1, 0.15) is 0 Å². The van der Waals surface area contributed by atoms with Crippen LogP contribution in [0, 0.1) is 0 Å². The Hall–Kier alpha value is -0.850. The number of carbonyl (C=O) groups excluding carboxylic acids is 1. The highest BCUT2D eigenvalue weighted by Crippen LogP contribution is 2.37. The van der Waals surface area contributed by atoms with E-state index in [0.717, 1.165) is 25.9 Å². The molecule has 0 radical (unpaired) electrons. The van der Waals surface area contributed by atoms with Crippen LogP contribution in [0.5, 0.6) is 0 Å². The van der Waals surface area contributed by atoms with Crippen molar-refractivity contribution in [3.8, 4) is 0 Å². The van der Waals surface area contributed by atoms with Gasteiger partial charge in [-0.3, -0.25) is 4.79 Å². The molecule has 1 aliphatic heterocycles. The van der Waals surface area contributed by atoms with Gasteiger partial charge in [-0.2, -0.15) is 0 Å². The number of nitrogens with zero attached hydrogens (tertiary/aromatic N) is 1. The number of anilines is 2. The standard InChI is InChI=1S/C13H10Br2N2OS/c14-8-6-10(19-12(8)15)13(18)17-5-4-7-2-1-3-9(16)11(7)17/h1-3,6H,4-5,16H2. The maximum atomic E-state index is 12.6. The molecule has 3 nitrogen and oxygen atoms in total. The maximum Gasteiger partial charge on any atom is 0.268 e. The molecule has 1 amide bonds. The fourth-order valence-electron chi connectivity index (χ4n) is 2.27. The lowest BCUT2D eigenvalue weighted by atomic mass is 10.1. The average molecular weight is 402 g/mol. The summed E-state index contributed by atoms with van der Waals surface area (Å²) in [4.78, 5) is 15.0. The minimum Gasteiger partial charge on any atom is -0.397 e. The quantitative estimate of drug-likeness (QED) is 0.732. The third-order valence-corrected chi connectivity index (χ3v) is 6.37. The lowest BCUT2D eigenvalue weighted by molar-refractivity contribution is 0.0993. The van der Waals surface area contributed by atoms with Gasteiger partial charge in [0, 0.05) is 11.0 Å². The predicted molar refractivity (Wildman–Crippen MR) is 86.0 cm³/mol. The fourth-order valence-corrected chi connectivity index (χ4v) is 4.26. The van der Waals surface area contributed by atoms with Crippen molar-refractivity contribution in [3.63, 3.8) is 0 Å². The van der Waals surface area contributed by atoms with Crippen molar-refractivity contribution in [2.24, 2.45) is 0 Å². The first kappa shape index (κ1) is 13.1. The van der Waals surface area contributed by atoms with Gasteiger partial charge in [0.25, 0.3) is 5.91 Å². The molecule has 1 aromatic carbocycles. The van der Waals surface area contributed by atoms with Gasteiger partial charge >= 0.3 is 0 Å². The van der Waals surface area contributed by atoms with Crippen LogP contribution in [-0.2, 0) is 6.42 Å². The SMILES string of the molecule is Nc1cccc2c1N(C(=O)c1cc(Br)c(Br)s1)CC2. The molecule has 0 fully saturated rings. The summed E-state index contributed by atoms with van der Waals surface area (Å²) in [7, 11) is 0. The highest BCUT2D eigenvalue weighted by Gasteiger charge is 2.28. The summed E-state index contributed by atoms with van der Waals surface area (Å²) < 4.78 is 1.83. The van der Waals surface area contributed by atoms with E-state index in [2.05, 4.69) is 31.9 Å². The first-order valence-electron chi connectivity index (χ1n) is 5.72. The first-order valence-corrected chi connectivity index (χ1v) is 8.12. The zero-order valence-corrected chi connectivity index (χ0v) is 13.8. The number of nitrogens with two attached hydrogens (primary N) is 1. The topological polar surface area (TPSA) is 46.3 Å². The maximum absolute atomic E-state index is 12.6. The summed E-state index contributed by atoms with van der Waals surface area (Å²) in [5.41, 5.74) is 8.68. The third-order valence-electron chi connectivity index (χ3n) is 3.13. The Kier molecular flexibility index (Phi) is 3.41. The predicted octanol–water partition coefficient (Wildman–Crippen LogP) is 4.06. The second-order valence-corrected chi connectivity index (χ2v) is 7.52. The number of hydrogen-bond acceptors (Lipinski definition) is 3. The number of para-hydroxylation sites is 1. The van der Waals surface area contributed by atoms with Crippen LogP contribution in [0.1, 0.15) is 15.2 Å². The van der Waals surface area contributed by atoms with E-state index in [-0.39, 0.29) is 5.91 Å². The normalized spacial score (nSPS) is 13.7. The van der Waals surface area contributed by atoms with Crippen LogP contribution >= 0.6 is 43.2 Å². The van der Waals surface area contributed by atoms with Gasteiger partial charge in [-0.25, -0.2) is 0 Å². The van der Waals surface area contributed by atoms with Crippen LogP contribution in [0.4, 0.5) is 11.4 Å². The number of rotatable bonds is 1. The van der Waals surface area contributed by atoms with Gasteiger partial charge in [-0.15, -0.1) is 11.3 Å². The van der Waals surface area contributed by atoms with Crippen molar-refractivity contribution in [1.29, 1.82) is 0 Å². The lowest BCUT2D eigenvalue weighted by Gasteiger charge is -2.18. The number of carbonyl (C=O) groups is 1. The van der Waals surface area contributed by atoms with Crippen LogP contribution in [0.2, 0.25) is 0 Å². The van der Waals surface area contributed by atoms with E-state index in [1.165, 1.54) is 11.3 Å². The van der Waals surface area contributed by atoms with Gasteiger partial charge in [-0.05, 0) is 56.0 Å². The Morgan fingerprint density at radius 1 is 1.37 bits per heavy atom. The van der Waals surface area contributed by atoms with Crippen molar-refractivity contribution in [1.82, 2.24) is 0 Å². The summed E-state index contributed by atoms with van der Waals surface area (Å²) >= 11 is 8.25. The lowest BCUT2D eigenvalue weighted by Crippen LogP contribution is -2.28. The first-order chi connectivity index (χ1) is 9.08. The molecule has 19 heavy (non-hydrogen) atoms. The molecule has 0 bridgehead atoms. The third kappa shape index (κ3) is 2.22. The van der Waals surface area contributed by atoms with E-state index in [0.29, 0.717) is 17.1 Å². The summed E-state index contributed by atoms with van der Waals surface area (Å²) in [6.07, 6.45) is 0.861. The summed E-state index contributed by atoms with van der Waals surface area (Å²) in [6.45, 7) is 0.690. The fraction of sp³-hybridized carbons (Fsp3) is 0.154. The van der Waals surface area contributed by atoms with Crippen LogP contribution in [-0.4, -0.2) is 12.5 Å². The van der Waals surface area contributed by atoms with E-state index in [1.54, 1.807) is 4.90 Å². The minimum absolute atomic E-state index is 0.00745. The van der Waals surface area contributed by atoms with Crippen molar-refractivity contribution < 1.29 is 4.79 Å².